The number of allylic oxidation sites excluding steroid dienone is 1. The van der Waals surface area contributed by atoms with Crippen molar-refractivity contribution >= 4 is 29.0 Å². The number of ether oxygens (including phenoxy) is 2. The van der Waals surface area contributed by atoms with Gasteiger partial charge >= 0.3 is 5.97 Å². The number of carbonyl (C=O) groups is 1. The van der Waals surface area contributed by atoms with Crippen molar-refractivity contribution < 1.29 is 23.0 Å². The molecule has 5 nitrogen and oxygen atoms in total. The molecule has 0 saturated carbocycles. The van der Waals surface area contributed by atoms with E-state index in [1.807, 2.05) is 30.3 Å². The van der Waals surface area contributed by atoms with E-state index in [2.05, 4.69) is 5.32 Å². The number of halogens is 2. The second-order valence-electron chi connectivity index (χ2n) is 6.35. The zero-order valence-corrected chi connectivity index (χ0v) is 16.8. The summed E-state index contributed by atoms with van der Waals surface area (Å²) in [5.74, 6) is -2.13. The number of benzene rings is 2. The van der Waals surface area contributed by atoms with Crippen molar-refractivity contribution in [2.75, 3.05) is 25.2 Å². The number of rotatable bonds is 6. The van der Waals surface area contributed by atoms with Crippen molar-refractivity contribution in [2.45, 2.75) is 13.0 Å². The fourth-order valence-electron chi connectivity index (χ4n) is 3.16. The highest BCUT2D eigenvalue weighted by Crippen LogP contribution is 2.35. The summed E-state index contributed by atoms with van der Waals surface area (Å²) in [6.45, 7) is 1.98. The number of hydrogen-bond acceptors (Lipinski definition) is 4. The predicted octanol–water partition coefficient (Wildman–Crippen LogP) is 3.86. The minimum atomic E-state index is -0.918. The van der Waals surface area contributed by atoms with Crippen LogP contribution in [0.15, 0.2) is 59.8 Å². The molecule has 1 heterocycles. The van der Waals surface area contributed by atoms with Crippen molar-refractivity contribution in [3.63, 3.8) is 0 Å². The van der Waals surface area contributed by atoms with Crippen molar-refractivity contribution in [1.29, 1.82) is 0 Å². The number of methoxy groups -OCH3 is 1. The second kappa shape index (κ2) is 9.11. The number of carbonyl (C=O) groups excluding carboxylic acids is 1. The molecule has 0 unspecified atom stereocenters. The summed E-state index contributed by atoms with van der Waals surface area (Å²) in [6.07, 6.45) is 0. The van der Waals surface area contributed by atoms with Gasteiger partial charge in [0.25, 0.3) is 0 Å². The molecule has 152 valence electrons. The quantitative estimate of drug-likeness (QED) is 0.437. The van der Waals surface area contributed by atoms with E-state index in [4.69, 9.17) is 21.7 Å². The predicted molar refractivity (Wildman–Crippen MR) is 109 cm³/mol. The third-order valence-electron chi connectivity index (χ3n) is 4.51. The number of hydrogen-bond donors (Lipinski definition) is 1. The molecule has 0 bridgehead atoms. The molecule has 1 atom stereocenters. The van der Waals surface area contributed by atoms with E-state index in [0.29, 0.717) is 5.70 Å². The molecule has 1 aliphatic rings. The normalized spacial score (nSPS) is 16.6. The Labute approximate surface area is 172 Å². The summed E-state index contributed by atoms with van der Waals surface area (Å²) in [4.78, 5) is 14.6. The van der Waals surface area contributed by atoms with Gasteiger partial charge in [0.05, 0.1) is 18.2 Å². The first kappa shape index (κ1) is 20.9. The van der Waals surface area contributed by atoms with Crippen LogP contribution in [-0.2, 0) is 14.3 Å². The maximum Gasteiger partial charge on any atom is 0.338 e. The molecule has 0 radical (unpaired) electrons. The van der Waals surface area contributed by atoms with Gasteiger partial charge in [-0.3, -0.25) is 4.90 Å². The topological polar surface area (TPSA) is 50.8 Å². The van der Waals surface area contributed by atoms with Crippen LogP contribution in [0.5, 0.6) is 0 Å². The summed E-state index contributed by atoms with van der Waals surface area (Å²) in [5.41, 5.74) is 1.52. The Morgan fingerprint density at radius 2 is 1.90 bits per heavy atom. The minimum Gasteiger partial charge on any atom is -0.460 e. The number of nitrogens with one attached hydrogen (secondary N) is 1. The average Bonchev–Trinajstić information content (AvgIpc) is 2.68. The number of nitrogens with zero attached hydrogens (tertiary/aromatic N) is 1. The van der Waals surface area contributed by atoms with Crippen molar-refractivity contribution in [2.24, 2.45) is 0 Å². The SMILES string of the molecule is COCCOC(=O)C1=C(C)N(c2ccccc2)C(=S)N[C@H]1c1ccc(F)cc1F. The third kappa shape index (κ3) is 4.44. The summed E-state index contributed by atoms with van der Waals surface area (Å²) in [7, 11) is 1.49. The first-order chi connectivity index (χ1) is 13.9. The van der Waals surface area contributed by atoms with Gasteiger partial charge < -0.3 is 14.8 Å². The molecule has 29 heavy (non-hydrogen) atoms. The van der Waals surface area contributed by atoms with Gasteiger partial charge in [-0.15, -0.1) is 0 Å². The maximum absolute atomic E-state index is 14.5. The Morgan fingerprint density at radius 1 is 1.17 bits per heavy atom. The summed E-state index contributed by atoms with van der Waals surface area (Å²) >= 11 is 5.49. The maximum atomic E-state index is 14.5. The van der Waals surface area contributed by atoms with Crippen molar-refractivity contribution in [1.82, 2.24) is 5.32 Å². The largest absolute Gasteiger partial charge is 0.460 e. The second-order valence-corrected chi connectivity index (χ2v) is 6.73. The van der Waals surface area contributed by atoms with Crippen LogP contribution in [0.3, 0.4) is 0 Å². The van der Waals surface area contributed by atoms with Crippen LogP contribution in [0, 0.1) is 11.6 Å². The summed E-state index contributed by atoms with van der Waals surface area (Å²) < 4.78 is 38.1. The van der Waals surface area contributed by atoms with Gasteiger partial charge in [0.2, 0.25) is 0 Å². The lowest BCUT2D eigenvalue weighted by Gasteiger charge is -2.37. The van der Waals surface area contributed by atoms with Crippen LogP contribution in [0.2, 0.25) is 0 Å². The lowest BCUT2D eigenvalue weighted by Crippen LogP contribution is -2.48. The molecule has 0 aliphatic carbocycles. The third-order valence-corrected chi connectivity index (χ3v) is 4.81. The van der Waals surface area contributed by atoms with Gasteiger partial charge in [-0.2, -0.15) is 0 Å². The van der Waals surface area contributed by atoms with Gasteiger partial charge in [0, 0.05) is 30.1 Å². The zero-order chi connectivity index (χ0) is 21.0. The highest BCUT2D eigenvalue weighted by molar-refractivity contribution is 7.80. The van der Waals surface area contributed by atoms with Crippen molar-refractivity contribution in [3.05, 3.63) is 77.0 Å². The Balaban J connectivity index is 2.09. The first-order valence-corrected chi connectivity index (χ1v) is 9.32. The van der Waals surface area contributed by atoms with Crippen LogP contribution in [0.1, 0.15) is 18.5 Å². The van der Waals surface area contributed by atoms with Gasteiger partial charge in [-0.25, -0.2) is 13.6 Å². The average molecular weight is 418 g/mol. The van der Waals surface area contributed by atoms with Gasteiger partial charge in [0.1, 0.15) is 18.2 Å². The fourth-order valence-corrected chi connectivity index (χ4v) is 3.52. The fraction of sp³-hybridized carbons (Fsp3) is 0.238. The van der Waals surface area contributed by atoms with Crippen LogP contribution in [-0.4, -0.2) is 31.4 Å². The molecule has 1 N–H and O–H groups in total. The monoisotopic (exact) mass is 418 g/mol. The first-order valence-electron chi connectivity index (χ1n) is 8.91. The Bertz CT molecular complexity index is 950. The molecule has 0 saturated heterocycles. The highest BCUT2D eigenvalue weighted by Gasteiger charge is 2.36. The Kier molecular flexibility index (Phi) is 6.56. The molecule has 0 aromatic heterocycles. The minimum absolute atomic E-state index is 0.0422. The van der Waals surface area contributed by atoms with E-state index in [1.54, 1.807) is 11.8 Å². The lowest BCUT2D eigenvalue weighted by molar-refractivity contribution is -0.140. The van der Waals surface area contributed by atoms with E-state index >= 15 is 0 Å². The van der Waals surface area contributed by atoms with E-state index in [0.717, 1.165) is 17.8 Å². The molecule has 1 aliphatic heterocycles. The molecular weight excluding hydrogens is 398 g/mol. The smallest absolute Gasteiger partial charge is 0.338 e. The lowest BCUT2D eigenvalue weighted by atomic mass is 9.94. The number of thiocarbonyl (C=S) groups is 1. The van der Waals surface area contributed by atoms with Gasteiger partial charge in [-0.1, -0.05) is 24.3 Å². The summed E-state index contributed by atoms with van der Waals surface area (Å²) in [5, 5.41) is 3.29. The molecular formula is C21H20F2N2O3S. The molecule has 0 fully saturated rings. The Hall–Kier alpha value is -2.84. The molecule has 0 amide bonds. The number of anilines is 1. The van der Waals surface area contributed by atoms with Crippen molar-refractivity contribution in [3.8, 4) is 0 Å². The van der Waals surface area contributed by atoms with E-state index in [1.165, 1.54) is 13.2 Å². The van der Waals surface area contributed by atoms with Crippen LogP contribution >= 0.6 is 12.2 Å². The number of para-hydroxylation sites is 1. The van der Waals surface area contributed by atoms with Gasteiger partial charge in [0.15, 0.2) is 5.11 Å². The van der Waals surface area contributed by atoms with E-state index in [9.17, 15) is 13.6 Å². The molecule has 3 rings (SSSR count). The highest BCUT2D eigenvalue weighted by atomic mass is 32.1. The van der Waals surface area contributed by atoms with Crippen LogP contribution in [0.4, 0.5) is 14.5 Å². The molecule has 2 aromatic carbocycles. The standard InChI is InChI=1S/C21H20F2N2O3S/c1-13-18(20(26)28-11-10-27-2)19(16-9-8-14(22)12-17(16)23)24-21(29)25(13)15-6-4-3-5-7-15/h3-9,12,19H,10-11H2,1-2H3,(H,24,29)/t19-/m0/s1. The van der Waals surface area contributed by atoms with E-state index < -0.39 is 23.6 Å². The van der Waals surface area contributed by atoms with Gasteiger partial charge in [-0.05, 0) is 37.3 Å². The molecule has 2 aromatic rings. The molecule has 8 heteroatoms. The van der Waals surface area contributed by atoms with E-state index in [-0.39, 0.29) is 29.5 Å². The molecule has 0 spiro atoms. The number of esters is 1. The zero-order valence-electron chi connectivity index (χ0n) is 15.9. The Morgan fingerprint density at radius 3 is 2.55 bits per heavy atom. The van der Waals surface area contributed by atoms with Crippen LogP contribution in [0.25, 0.3) is 0 Å². The summed E-state index contributed by atoms with van der Waals surface area (Å²) in [6, 6.07) is 11.5. The van der Waals surface area contributed by atoms with Crippen LogP contribution < -0.4 is 10.2 Å².